The van der Waals surface area contributed by atoms with Crippen molar-refractivity contribution in [2.24, 2.45) is 0 Å². The number of rotatable bonds is 9. The van der Waals surface area contributed by atoms with Gasteiger partial charge in [0.15, 0.2) is 11.6 Å². The molecule has 8 nitrogen and oxygen atoms in total. The smallest absolute Gasteiger partial charge is 0.269 e. The number of thiophene rings is 2. The van der Waals surface area contributed by atoms with Crippen LogP contribution in [-0.2, 0) is 6.42 Å². The number of Topliss-reactive ketones (excluding diaryl/α,β-unsaturated/α-hetero) is 1. The molecule has 0 spiro atoms. The predicted octanol–water partition coefficient (Wildman–Crippen LogP) is 4.72. The zero-order valence-corrected chi connectivity index (χ0v) is 18.5. The number of nitrogens with zero attached hydrogens (tertiary/aromatic N) is 4. The van der Waals surface area contributed by atoms with Crippen molar-refractivity contribution in [2.45, 2.75) is 23.2 Å². The highest BCUT2D eigenvalue weighted by molar-refractivity contribution is 7.99. The number of hydrogen-bond donors (Lipinski definition) is 1. The van der Waals surface area contributed by atoms with Crippen LogP contribution in [0.25, 0.3) is 0 Å². The first-order valence-electron chi connectivity index (χ1n) is 9.20. The van der Waals surface area contributed by atoms with Crippen LogP contribution in [0.3, 0.4) is 0 Å². The van der Waals surface area contributed by atoms with Crippen LogP contribution < -0.4 is 5.84 Å². The Labute approximate surface area is 189 Å². The third-order valence-corrected chi connectivity index (χ3v) is 7.54. The summed E-state index contributed by atoms with van der Waals surface area (Å²) < 4.78 is 1.44. The fourth-order valence-corrected chi connectivity index (χ4v) is 5.42. The molecule has 1 aromatic carbocycles. The van der Waals surface area contributed by atoms with Gasteiger partial charge in [0.2, 0.25) is 5.16 Å². The number of benzene rings is 1. The number of nitro groups is 1. The van der Waals surface area contributed by atoms with E-state index in [2.05, 4.69) is 10.2 Å². The minimum atomic E-state index is -0.448. The van der Waals surface area contributed by atoms with Crippen LogP contribution in [0.1, 0.15) is 37.6 Å². The van der Waals surface area contributed by atoms with Crippen LogP contribution in [0.15, 0.2) is 64.4 Å². The summed E-state index contributed by atoms with van der Waals surface area (Å²) in [4.78, 5) is 25.1. The lowest BCUT2D eigenvalue weighted by Gasteiger charge is -2.15. The van der Waals surface area contributed by atoms with Gasteiger partial charge in [0.1, 0.15) is 0 Å². The van der Waals surface area contributed by atoms with Gasteiger partial charge in [0, 0.05) is 35.1 Å². The zero-order chi connectivity index (χ0) is 21.8. The number of nitrogens with two attached hydrogens (primary N) is 1. The Balaban J connectivity index is 1.59. The third-order valence-electron chi connectivity index (χ3n) is 4.54. The molecule has 1 atom stereocenters. The average Bonchev–Trinajstić information content (AvgIpc) is 3.53. The number of hydrogen-bond acceptors (Lipinski definition) is 9. The van der Waals surface area contributed by atoms with E-state index in [9.17, 15) is 14.9 Å². The van der Waals surface area contributed by atoms with Crippen LogP contribution >= 0.6 is 34.4 Å². The zero-order valence-electron chi connectivity index (χ0n) is 16.1. The minimum Gasteiger partial charge on any atom is -0.336 e. The topological polar surface area (TPSA) is 117 Å². The van der Waals surface area contributed by atoms with Gasteiger partial charge in [0.25, 0.3) is 5.69 Å². The highest BCUT2D eigenvalue weighted by Gasteiger charge is 2.23. The first kappa shape index (κ1) is 21.2. The molecule has 3 aromatic heterocycles. The van der Waals surface area contributed by atoms with Crippen molar-refractivity contribution in [3.05, 3.63) is 90.5 Å². The maximum atomic E-state index is 12.8. The Morgan fingerprint density at radius 2 is 1.87 bits per heavy atom. The van der Waals surface area contributed by atoms with Gasteiger partial charge in [0.05, 0.1) is 9.80 Å². The predicted molar refractivity (Wildman–Crippen MR) is 122 cm³/mol. The van der Waals surface area contributed by atoms with Crippen LogP contribution in [0.2, 0.25) is 0 Å². The van der Waals surface area contributed by atoms with Crippen molar-refractivity contribution in [3.8, 4) is 0 Å². The number of aromatic nitrogens is 3. The van der Waals surface area contributed by atoms with E-state index >= 15 is 0 Å². The van der Waals surface area contributed by atoms with Gasteiger partial charge in [-0.15, -0.1) is 32.9 Å². The van der Waals surface area contributed by atoms with Crippen molar-refractivity contribution in [1.82, 2.24) is 14.9 Å². The highest BCUT2D eigenvalue weighted by Crippen LogP contribution is 2.38. The van der Waals surface area contributed by atoms with Gasteiger partial charge >= 0.3 is 0 Å². The molecule has 0 aliphatic heterocycles. The average molecular weight is 472 g/mol. The SMILES string of the molecule is Nn1c(Cc2cccs2)nnc1S[C@H](CC(=O)c1cccs1)c1ccc([N+](=O)[O-])cc1. The Morgan fingerprint density at radius 1 is 1.13 bits per heavy atom. The number of nitro benzene ring substituents is 1. The molecule has 0 bridgehead atoms. The molecule has 0 saturated heterocycles. The van der Waals surface area contributed by atoms with E-state index in [0.717, 1.165) is 10.4 Å². The van der Waals surface area contributed by atoms with Gasteiger partial charge in [-0.2, -0.15) is 0 Å². The van der Waals surface area contributed by atoms with E-state index in [-0.39, 0.29) is 23.1 Å². The summed E-state index contributed by atoms with van der Waals surface area (Å²) in [6.07, 6.45) is 0.772. The van der Waals surface area contributed by atoms with Gasteiger partial charge in [-0.25, -0.2) is 4.68 Å². The number of nitrogen functional groups attached to an aromatic ring is 1. The molecule has 31 heavy (non-hydrogen) atoms. The summed E-state index contributed by atoms with van der Waals surface area (Å²) in [5, 5.41) is 23.4. The lowest BCUT2D eigenvalue weighted by Crippen LogP contribution is -2.15. The number of ketones is 1. The van der Waals surface area contributed by atoms with Crippen molar-refractivity contribution in [1.29, 1.82) is 0 Å². The number of thioether (sulfide) groups is 1. The van der Waals surface area contributed by atoms with E-state index in [1.54, 1.807) is 29.5 Å². The molecule has 4 rings (SSSR count). The summed E-state index contributed by atoms with van der Waals surface area (Å²) in [6, 6.07) is 13.8. The maximum absolute atomic E-state index is 12.8. The quantitative estimate of drug-likeness (QED) is 0.123. The molecule has 2 N–H and O–H groups in total. The van der Waals surface area contributed by atoms with Crippen molar-refractivity contribution in [3.63, 3.8) is 0 Å². The van der Waals surface area contributed by atoms with Crippen LogP contribution in [0.5, 0.6) is 0 Å². The second kappa shape index (κ2) is 9.41. The molecule has 0 aliphatic rings. The standard InChI is InChI=1S/C20H17N5O3S3/c21-24-19(11-15-3-1-9-29-15)22-23-20(24)31-18(12-16(26)17-4-2-10-30-17)13-5-7-14(8-6-13)25(27)28/h1-10,18H,11-12,21H2/t18-/m1/s1. The van der Waals surface area contributed by atoms with E-state index in [1.807, 2.05) is 29.0 Å². The monoisotopic (exact) mass is 471 g/mol. The second-order valence-corrected chi connectivity index (χ2v) is 9.73. The summed E-state index contributed by atoms with van der Waals surface area (Å²) >= 11 is 4.32. The molecular weight excluding hydrogens is 454 g/mol. The van der Waals surface area contributed by atoms with Crippen molar-refractivity contribution < 1.29 is 9.72 Å². The molecule has 4 aromatic rings. The maximum Gasteiger partial charge on any atom is 0.269 e. The lowest BCUT2D eigenvalue weighted by atomic mass is 10.1. The Hall–Kier alpha value is -3.02. The van der Waals surface area contributed by atoms with Crippen LogP contribution in [0.4, 0.5) is 5.69 Å². The Morgan fingerprint density at radius 3 is 2.52 bits per heavy atom. The number of non-ortho nitro benzene ring substituents is 1. The summed E-state index contributed by atoms with van der Waals surface area (Å²) in [6.45, 7) is 0. The van der Waals surface area contributed by atoms with Gasteiger partial charge in [-0.1, -0.05) is 36.0 Å². The highest BCUT2D eigenvalue weighted by atomic mass is 32.2. The molecule has 0 radical (unpaired) electrons. The molecule has 0 aliphatic carbocycles. The summed E-state index contributed by atoms with van der Waals surface area (Å²) in [5.41, 5.74) is 0.778. The van der Waals surface area contributed by atoms with E-state index in [4.69, 9.17) is 5.84 Å². The largest absolute Gasteiger partial charge is 0.336 e. The Kier molecular flexibility index (Phi) is 6.44. The van der Waals surface area contributed by atoms with Gasteiger partial charge in [-0.3, -0.25) is 14.9 Å². The molecule has 0 saturated carbocycles. The van der Waals surface area contributed by atoms with Crippen molar-refractivity contribution >= 4 is 45.9 Å². The molecule has 158 valence electrons. The lowest BCUT2D eigenvalue weighted by molar-refractivity contribution is -0.384. The van der Waals surface area contributed by atoms with E-state index in [1.165, 1.54) is 39.9 Å². The molecule has 0 amide bonds. The second-order valence-electron chi connectivity index (χ2n) is 6.58. The molecular formula is C20H17N5O3S3. The minimum absolute atomic E-state index is 0.00249. The molecule has 0 fully saturated rings. The number of carbonyl (C=O) groups excluding carboxylic acids is 1. The molecule has 11 heteroatoms. The third kappa shape index (κ3) is 5.01. The summed E-state index contributed by atoms with van der Waals surface area (Å²) in [5.74, 6) is 6.85. The number of carbonyl (C=O) groups is 1. The molecule has 3 heterocycles. The summed E-state index contributed by atoms with van der Waals surface area (Å²) in [7, 11) is 0. The van der Waals surface area contributed by atoms with Crippen molar-refractivity contribution in [2.75, 3.05) is 5.84 Å². The van der Waals surface area contributed by atoms with Gasteiger partial charge in [-0.05, 0) is 28.5 Å². The normalized spacial score (nSPS) is 12.0. The van der Waals surface area contributed by atoms with Crippen LogP contribution in [-0.4, -0.2) is 25.6 Å². The van der Waals surface area contributed by atoms with Gasteiger partial charge < -0.3 is 5.84 Å². The van der Waals surface area contributed by atoms with E-state index < -0.39 is 4.92 Å². The molecule has 0 unspecified atom stereocenters. The first-order valence-corrected chi connectivity index (χ1v) is 11.8. The fourth-order valence-electron chi connectivity index (χ4n) is 2.95. The Bertz CT molecular complexity index is 1170. The van der Waals surface area contributed by atoms with E-state index in [0.29, 0.717) is 22.3 Å². The van der Waals surface area contributed by atoms with Crippen LogP contribution in [0, 0.1) is 10.1 Å². The first-order chi connectivity index (χ1) is 15.0. The fraction of sp³-hybridized carbons (Fsp3) is 0.150.